The van der Waals surface area contributed by atoms with Crippen LogP contribution in [0.1, 0.15) is 24.7 Å². The van der Waals surface area contributed by atoms with E-state index in [-0.39, 0.29) is 6.54 Å². The first kappa shape index (κ1) is 18.6. The van der Waals surface area contributed by atoms with Crippen LogP contribution < -0.4 is 14.8 Å². The minimum Gasteiger partial charge on any atom is -0.490 e. The van der Waals surface area contributed by atoms with Crippen molar-refractivity contribution in [3.63, 3.8) is 0 Å². The molecule has 0 aliphatic carbocycles. The van der Waals surface area contributed by atoms with Crippen molar-refractivity contribution in [1.29, 1.82) is 0 Å². The average molecular weight is 371 g/mol. The van der Waals surface area contributed by atoms with E-state index in [1.165, 1.54) is 19.3 Å². The predicted octanol–water partition coefficient (Wildman–Crippen LogP) is 2.70. The highest BCUT2D eigenvalue weighted by atomic mass is 16.5. The van der Waals surface area contributed by atoms with Crippen molar-refractivity contribution < 1.29 is 28.2 Å². The largest absolute Gasteiger partial charge is 0.490 e. The minimum absolute atomic E-state index is 0.237. The Hall–Kier alpha value is -3.22. The monoisotopic (exact) mass is 371 g/mol. The van der Waals surface area contributed by atoms with E-state index in [1.807, 2.05) is 6.07 Å². The van der Waals surface area contributed by atoms with Gasteiger partial charge < -0.3 is 23.9 Å². The molecule has 2 heterocycles. The number of rotatable bonds is 6. The third-order valence-electron chi connectivity index (χ3n) is 3.86. The van der Waals surface area contributed by atoms with Gasteiger partial charge in [-0.1, -0.05) is 6.07 Å². The molecular formula is C20H21NO6. The lowest BCUT2D eigenvalue weighted by Gasteiger charge is -2.11. The van der Waals surface area contributed by atoms with Gasteiger partial charge in [-0.05, 0) is 42.8 Å². The molecule has 0 spiro atoms. The fourth-order valence-corrected chi connectivity index (χ4v) is 2.45. The summed E-state index contributed by atoms with van der Waals surface area (Å²) in [6.45, 7) is 2.96. The fraction of sp³-hybridized carbons (Fsp3) is 0.300. The van der Waals surface area contributed by atoms with Crippen LogP contribution in [0.2, 0.25) is 0 Å². The Balaban J connectivity index is 1.50. The molecule has 0 radical (unpaired) electrons. The van der Waals surface area contributed by atoms with Crippen LogP contribution in [0.4, 0.5) is 0 Å². The number of ether oxygens (including phenoxy) is 3. The van der Waals surface area contributed by atoms with Crippen molar-refractivity contribution in [2.45, 2.75) is 26.0 Å². The van der Waals surface area contributed by atoms with Gasteiger partial charge in [-0.15, -0.1) is 0 Å². The van der Waals surface area contributed by atoms with Gasteiger partial charge in [0.2, 0.25) is 0 Å². The van der Waals surface area contributed by atoms with E-state index < -0.39 is 18.0 Å². The molecule has 142 valence electrons. The van der Waals surface area contributed by atoms with Gasteiger partial charge in [0.05, 0.1) is 26.0 Å². The van der Waals surface area contributed by atoms with Crippen LogP contribution in [0, 0.1) is 0 Å². The number of nitrogens with one attached hydrogen (secondary N) is 1. The summed E-state index contributed by atoms with van der Waals surface area (Å²) in [6, 6.07) is 8.89. The maximum Gasteiger partial charge on any atom is 0.331 e. The van der Waals surface area contributed by atoms with Crippen LogP contribution in [-0.2, 0) is 20.9 Å². The zero-order valence-electron chi connectivity index (χ0n) is 15.0. The van der Waals surface area contributed by atoms with Crippen molar-refractivity contribution in [3.8, 4) is 11.5 Å². The zero-order valence-corrected chi connectivity index (χ0v) is 15.0. The minimum atomic E-state index is -0.916. The molecule has 27 heavy (non-hydrogen) atoms. The molecule has 1 aromatic carbocycles. The maximum absolute atomic E-state index is 12.0. The van der Waals surface area contributed by atoms with E-state index in [1.54, 1.807) is 30.3 Å². The lowest BCUT2D eigenvalue weighted by molar-refractivity contribution is -0.150. The van der Waals surface area contributed by atoms with Gasteiger partial charge in [-0.2, -0.15) is 0 Å². The van der Waals surface area contributed by atoms with E-state index in [4.69, 9.17) is 18.6 Å². The van der Waals surface area contributed by atoms with Gasteiger partial charge in [0.25, 0.3) is 5.91 Å². The summed E-state index contributed by atoms with van der Waals surface area (Å²) in [4.78, 5) is 23.9. The Bertz CT molecular complexity index is 812. The van der Waals surface area contributed by atoms with Gasteiger partial charge in [-0.3, -0.25) is 4.79 Å². The summed E-state index contributed by atoms with van der Waals surface area (Å²) in [5.74, 6) is 0.949. The Kier molecular flexibility index (Phi) is 6.14. The summed E-state index contributed by atoms with van der Waals surface area (Å²) < 4.78 is 21.4. The van der Waals surface area contributed by atoms with Crippen LogP contribution in [0.3, 0.4) is 0 Å². The van der Waals surface area contributed by atoms with Crippen molar-refractivity contribution in [3.05, 3.63) is 54.0 Å². The van der Waals surface area contributed by atoms with Crippen molar-refractivity contribution in [2.75, 3.05) is 13.2 Å². The molecule has 0 bridgehead atoms. The highest BCUT2D eigenvalue weighted by Crippen LogP contribution is 2.30. The van der Waals surface area contributed by atoms with Crippen molar-refractivity contribution >= 4 is 18.0 Å². The van der Waals surface area contributed by atoms with E-state index in [0.29, 0.717) is 30.5 Å². The quantitative estimate of drug-likeness (QED) is 0.621. The second-order valence-electron chi connectivity index (χ2n) is 5.97. The number of furan rings is 1. The summed E-state index contributed by atoms with van der Waals surface area (Å²) in [5, 5.41) is 2.64. The van der Waals surface area contributed by atoms with Gasteiger partial charge in [0, 0.05) is 12.5 Å². The number of carbonyl (C=O) groups excluding carboxylic acids is 2. The first-order valence-electron chi connectivity index (χ1n) is 8.70. The number of benzene rings is 1. The van der Waals surface area contributed by atoms with E-state index >= 15 is 0 Å². The Morgan fingerprint density at radius 2 is 2.04 bits per heavy atom. The molecule has 1 aliphatic rings. The molecule has 1 amide bonds. The topological polar surface area (TPSA) is 87.0 Å². The molecule has 0 fully saturated rings. The highest BCUT2D eigenvalue weighted by molar-refractivity contribution is 5.90. The molecule has 1 aromatic heterocycles. The SMILES string of the molecule is C[C@@H](OC(=O)/C=C/c1ccc2c(c1)OCCCO2)C(=O)NCc1ccco1. The molecule has 0 saturated heterocycles. The van der Waals surface area contributed by atoms with Gasteiger partial charge in [0.15, 0.2) is 17.6 Å². The lowest BCUT2D eigenvalue weighted by Crippen LogP contribution is -2.35. The first-order valence-corrected chi connectivity index (χ1v) is 8.70. The average Bonchev–Trinajstić information content (AvgIpc) is 3.08. The molecular weight excluding hydrogens is 350 g/mol. The van der Waals surface area contributed by atoms with Crippen LogP contribution in [0.15, 0.2) is 47.1 Å². The smallest absolute Gasteiger partial charge is 0.331 e. The van der Waals surface area contributed by atoms with Crippen LogP contribution >= 0.6 is 0 Å². The van der Waals surface area contributed by atoms with Crippen LogP contribution in [0.5, 0.6) is 11.5 Å². The highest BCUT2D eigenvalue weighted by Gasteiger charge is 2.16. The number of esters is 1. The molecule has 1 N–H and O–H groups in total. The molecule has 3 rings (SSSR count). The number of fused-ring (bicyclic) bond motifs is 1. The summed E-state index contributed by atoms with van der Waals surface area (Å²) in [5.41, 5.74) is 0.770. The summed E-state index contributed by atoms with van der Waals surface area (Å²) in [6.07, 6.45) is 4.31. The summed E-state index contributed by atoms with van der Waals surface area (Å²) >= 11 is 0. The number of hydrogen-bond acceptors (Lipinski definition) is 6. The van der Waals surface area contributed by atoms with Gasteiger partial charge in [0.1, 0.15) is 5.76 Å². The Morgan fingerprint density at radius 3 is 2.81 bits per heavy atom. The third kappa shape index (κ3) is 5.37. The van der Waals surface area contributed by atoms with E-state index in [2.05, 4.69) is 5.32 Å². The normalized spacial score (nSPS) is 14.4. The Morgan fingerprint density at radius 1 is 1.22 bits per heavy atom. The second-order valence-corrected chi connectivity index (χ2v) is 5.97. The lowest BCUT2D eigenvalue weighted by atomic mass is 10.2. The third-order valence-corrected chi connectivity index (χ3v) is 3.86. The molecule has 2 aromatic rings. The second kappa shape index (κ2) is 8.93. The van der Waals surface area contributed by atoms with Crippen molar-refractivity contribution in [2.24, 2.45) is 0 Å². The first-order chi connectivity index (χ1) is 13.1. The number of carbonyl (C=O) groups is 2. The van der Waals surface area contributed by atoms with Crippen molar-refractivity contribution in [1.82, 2.24) is 5.32 Å². The molecule has 0 saturated carbocycles. The molecule has 0 unspecified atom stereocenters. The maximum atomic E-state index is 12.0. The van der Waals surface area contributed by atoms with Crippen LogP contribution in [-0.4, -0.2) is 31.2 Å². The Labute approximate surface area is 156 Å². The zero-order chi connectivity index (χ0) is 19.1. The van der Waals surface area contributed by atoms with E-state index in [0.717, 1.165) is 12.0 Å². The van der Waals surface area contributed by atoms with E-state index in [9.17, 15) is 9.59 Å². The molecule has 7 heteroatoms. The predicted molar refractivity (Wildman–Crippen MR) is 97.2 cm³/mol. The fourth-order valence-electron chi connectivity index (χ4n) is 2.45. The molecule has 1 aliphatic heterocycles. The van der Waals surface area contributed by atoms with Crippen LogP contribution in [0.25, 0.3) is 6.08 Å². The number of amides is 1. The molecule has 1 atom stereocenters. The standard InChI is InChI=1S/C20H21NO6/c1-14(20(23)21-13-16-4-2-9-24-16)27-19(22)8-6-15-5-7-17-18(12-15)26-11-3-10-25-17/h2,4-9,12,14H,3,10-11,13H2,1H3,(H,21,23)/b8-6+/t14-/m1/s1. The van der Waals surface area contributed by atoms with Gasteiger partial charge in [-0.25, -0.2) is 4.79 Å². The molecule has 7 nitrogen and oxygen atoms in total. The number of hydrogen-bond donors (Lipinski definition) is 1. The van der Waals surface area contributed by atoms with Gasteiger partial charge >= 0.3 is 5.97 Å². The summed E-state index contributed by atoms with van der Waals surface area (Å²) in [7, 11) is 0.